The van der Waals surface area contributed by atoms with E-state index in [9.17, 15) is 14.0 Å². The van der Waals surface area contributed by atoms with Gasteiger partial charge in [0.1, 0.15) is 5.82 Å². The van der Waals surface area contributed by atoms with E-state index in [0.29, 0.717) is 11.3 Å². The van der Waals surface area contributed by atoms with Crippen molar-refractivity contribution in [3.05, 3.63) is 65.0 Å². The van der Waals surface area contributed by atoms with Gasteiger partial charge < -0.3 is 4.90 Å². The molecule has 0 bridgehead atoms. The van der Waals surface area contributed by atoms with Crippen LogP contribution in [0.2, 0.25) is 0 Å². The predicted molar refractivity (Wildman–Crippen MR) is 82.3 cm³/mol. The van der Waals surface area contributed by atoms with E-state index in [-0.39, 0.29) is 36.9 Å². The van der Waals surface area contributed by atoms with Gasteiger partial charge in [0.25, 0.3) is 0 Å². The topological polar surface area (TPSA) is 37.4 Å². The van der Waals surface area contributed by atoms with Crippen LogP contribution in [0.4, 0.5) is 10.1 Å². The highest BCUT2D eigenvalue weighted by molar-refractivity contribution is 6.09. The molecule has 0 spiro atoms. The van der Waals surface area contributed by atoms with Gasteiger partial charge in [-0.25, -0.2) is 4.39 Å². The Labute approximate surface area is 128 Å². The summed E-state index contributed by atoms with van der Waals surface area (Å²) < 4.78 is 13.5. The fraction of sp³-hybridized carbons (Fsp3) is 0.222. The van der Waals surface area contributed by atoms with Gasteiger partial charge in [0, 0.05) is 18.4 Å². The first-order valence-corrected chi connectivity index (χ1v) is 7.24. The number of amides is 1. The average Bonchev–Trinajstić information content (AvgIpc) is 2.63. The summed E-state index contributed by atoms with van der Waals surface area (Å²) in [6.07, 6.45) is 0.399. The highest BCUT2D eigenvalue weighted by Gasteiger charge is 2.26. The molecular formula is C18H16FNO2. The van der Waals surface area contributed by atoms with E-state index in [4.69, 9.17) is 0 Å². The third kappa shape index (κ3) is 2.64. The molecule has 4 heteroatoms. The molecule has 3 nitrogen and oxygen atoms in total. The van der Waals surface area contributed by atoms with Crippen LogP contribution in [0.1, 0.15) is 34.3 Å². The fourth-order valence-corrected chi connectivity index (χ4v) is 2.72. The Morgan fingerprint density at radius 1 is 1.09 bits per heavy atom. The van der Waals surface area contributed by atoms with Crippen LogP contribution in [0.5, 0.6) is 0 Å². The number of ketones is 1. The maximum atomic E-state index is 13.5. The van der Waals surface area contributed by atoms with E-state index >= 15 is 0 Å². The lowest BCUT2D eigenvalue weighted by atomic mass is 10.1. The first-order chi connectivity index (χ1) is 10.6. The molecule has 0 aromatic heterocycles. The molecule has 1 aliphatic heterocycles. The van der Waals surface area contributed by atoms with Crippen molar-refractivity contribution in [2.24, 2.45) is 0 Å². The van der Waals surface area contributed by atoms with Crippen molar-refractivity contribution in [3.8, 4) is 0 Å². The number of aryl methyl sites for hydroxylation is 1. The van der Waals surface area contributed by atoms with E-state index in [0.717, 1.165) is 11.1 Å². The number of carbonyl (C=O) groups excluding carboxylic acids is 2. The van der Waals surface area contributed by atoms with E-state index in [1.807, 2.05) is 6.92 Å². The monoisotopic (exact) mass is 297 g/mol. The van der Waals surface area contributed by atoms with Crippen LogP contribution in [-0.2, 0) is 11.3 Å². The number of hydrogen-bond acceptors (Lipinski definition) is 2. The number of hydrogen-bond donors (Lipinski definition) is 0. The Hall–Kier alpha value is -2.49. The van der Waals surface area contributed by atoms with E-state index in [1.165, 1.54) is 12.1 Å². The van der Waals surface area contributed by atoms with Crippen molar-refractivity contribution < 1.29 is 14.0 Å². The summed E-state index contributed by atoms with van der Waals surface area (Å²) in [7, 11) is 0. The molecule has 22 heavy (non-hydrogen) atoms. The molecule has 2 aromatic rings. The van der Waals surface area contributed by atoms with Crippen molar-refractivity contribution in [2.45, 2.75) is 26.3 Å². The summed E-state index contributed by atoms with van der Waals surface area (Å²) in [5.41, 5.74) is 2.83. The molecule has 0 atom stereocenters. The van der Waals surface area contributed by atoms with Gasteiger partial charge in [-0.2, -0.15) is 0 Å². The summed E-state index contributed by atoms with van der Waals surface area (Å²) in [4.78, 5) is 26.1. The smallest absolute Gasteiger partial charge is 0.227 e. The second-order valence-corrected chi connectivity index (χ2v) is 5.49. The van der Waals surface area contributed by atoms with Crippen LogP contribution in [0.15, 0.2) is 42.5 Å². The van der Waals surface area contributed by atoms with Crippen LogP contribution in [0.3, 0.4) is 0 Å². The second-order valence-electron chi connectivity index (χ2n) is 5.49. The minimum absolute atomic E-state index is 0.0255. The maximum absolute atomic E-state index is 13.5. The third-order valence-corrected chi connectivity index (χ3v) is 4.00. The number of halogens is 1. The average molecular weight is 297 g/mol. The Kier molecular flexibility index (Phi) is 3.75. The summed E-state index contributed by atoms with van der Waals surface area (Å²) in [6.45, 7) is 2.15. The van der Waals surface area contributed by atoms with Crippen LogP contribution in [-0.4, -0.2) is 11.7 Å². The van der Waals surface area contributed by atoms with Gasteiger partial charge in [-0.3, -0.25) is 9.59 Å². The highest BCUT2D eigenvalue weighted by atomic mass is 19.1. The molecule has 112 valence electrons. The van der Waals surface area contributed by atoms with Crippen LogP contribution >= 0.6 is 0 Å². The Morgan fingerprint density at radius 3 is 2.68 bits per heavy atom. The van der Waals surface area contributed by atoms with Gasteiger partial charge in [-0.15, -0.1) is 0 Å². The first-order valence-electron chi connectivity index (χ1n) is 7.24. The summed E-state index contributed by atoms with van der Waals surface area (Å²) in [5.74, 6) is -0.461. The maximum Gasteiger partial charge on any atom is 0.227 e. The van der Waals surface area contributed by atoms with Gasteiger partial charge in [0.15, 0.2) is 5.78 Å². The zero-order valence-corrected chi connectivity index (χ0v) is 12.3. The summed E-state index contributed by atoms with van der Waals surface area (Å²) in [6, 6.07) is 11.6. The SMILES string of the molecule is Cc1ccc(F)cc1CN1C(=O)CCC(=O)c2ccccc21. The summed E-state index contributed by atoms with van der Waals surface area (Å²) >= 11 is 0. The lowest BCUT2D eigenvalue weighted by molar-refractivity contribution is -0.118. The number of rotatable bonds is 2. The molecule has 0 fully saturated rings. The molecule has 1 amide bonds. The molecular weight excluding hydrogens is 281 g/mol. The molecule has 0 unspecified atom stereocenters. The van der Waals surface area contributed by atoms with Crippen molar-refractivity contribution in [1.82, 2.24) is 0 Å². The number of carbonyl (C=O) groups is 2. The van der Waals surface area contributed by atoms with Crippen LogP contribution < -0.4 is 4.90 Å². The number of para-hydroxylation sites is 1. The molecule has 2 aromatic carbocycles. The molecule has 0 radical (unpaired) electrons. The zero-order valence-electron chi connectivity index (χ0n) is 12.3. The van der Waals surface area contributed by atoms with Crippen molar-refractivity contribution in [3.63, 3.8) is 0 Å². The molecule has 1 aliphatic rings. The van der Waals surface area contributed by atoms with E-state index < -0.39 is 0 Å². The van der Waals surface area contributed by atoms with Crippen LogP contribution in [0, 0.1) is 12.7 Å². The van der Waals surface area contributed by atoms with Gasteiger partial charge in [-0.05, 0) is 42.3 Å². The second kappa shape index (κ2) is 5.72. The zero-order chi connectivity index (χ0) is 15.7. The molecule has 0 saturated heterocycles. The quantitative estimate of drug-likeness (QED) is 0.848. The first kappa shape index (κ1) is 14.4. The lowest BCUT2D eigenvalue weighted by Gasteiger charge is -2.23. The largest absolute Gasteiger partial charge is 0.307 e. The van der Waals surface area contributed by atoms with Crippen molar-refractivity contribution in [2.75, 3.05) is 4.90 Å². The molecule has 0 saturated carbocycles. The highest BCUT2D eigenvalue weighted by Crippen LogP contribution is 2.29. The number of Topliss-reactive ketones (excluding diaryl/α,β-unsaturated/α-hetero) is 1. The minimum atomic E-state index is -0.327. The normalized spacial score (nSPS) is 14.7. The molecule has 1 heterocycles. The molecule has 3 rings (SSSR count). The summed E-state index contributed by atoms with van der Waals surface area (Å²) in [5, 5.41) is 0. The van der Waals surface area contributed by atoms with Gasteiger partial charge in [0.05, 0.1) is 12.2 Å². The van der Waals surface area contributed by atoms with Gasteiger partial charge in [0.2, 0.25) is 5.91 Å². The Bertz CT molecular complexity index is 755. The predicted octanol–water partition coefficient (Wildman–Crippen LogP) is 3.64. The third-order valence-electron chi connectivity index (χ3n) is 4.00. The van der Waals surface area contributed by atoms with Crippen molar-refractivity contribution >= 4 is 17.4 Å². The Morgan fingerprint density at radius 2 is 1.86 bits per heavy atom. The van der Waals surface area contributed by atoms with E-state index in [2.05, 4.69) is 0 Å². The molecule has 0 N–H and O–H groups in total. The minimum Gasteiger partial charge on any atom is -0.307 e. The standard InChI is InChI=1S/C18H16FNO2/c1-12-6-7-14(19)10-13(12)11-20-16-5-3-2-4-15(16)17(21)8-9-18(20)22/h2-7,10H,8-9,11H2,1H3. The van der Waals surface area contributed by atoms with Crippen LogP contribution in [0.25, 0.3) is 0 Å². The van der Waals surface area contributed by atoms with E-state index in [1.54, 1.807) is 35.2 Å². The fourth-order valence-electron chi connectivity index (χ4n) is 2.72. The van der Waals surface area contributed by atoms with Gasteiger partial charge in [-0.1, -0.05) is 18.2 Å². The molecule has 0 aliphatic carbocycles. The number of fused-ring (bicyclic) bond motifs is 1. The number of benzene rings is 2. The van der Waals surface area contributed by atoms with Gasteiger partial charge >= 0.3 is 0 Å². The number of anilines is 1. The van der Waals surface area contributed by atoms with Crippen molar-refractivity contribution in [1.29, 1.82) is 0 Å². The number of nitrogens with zero attached hydrogens (tertiary/aromatic N) is 1. The lowest BCUT2D eigenvalue weighted by Crippen LogP contribution is -2.30. The Balaban J connectivity index is 2.04.